The topological polar surface area (TPSA) is 45.5 Å². The second kappa shape index (κ2) is 10.3. The zero-order valence-corrected chi connectivity index (χ0v) is 22.4. The summed E-state index contributed by atoms with van der Waals surface area (Å²) in [6.45, 7) is 12.2. The van der Waals surface area contributed by atoms with Crippen molar-refractivity contribution in [3.8, 4) is 0 Å². The molecule has 6 rings (SSSR count). The van der Waals surface area contributed by atoms with Gasteiger partial charge in [0.2, 0.25) is 6.43 Å². The molecule has 3 aliphatic rings. The Labute approximate surface area is 223 Å². The first kappa shape index (κ1) is 25.2. The Morgan fingerprint density at radius 2 is 2.05 bits per heavy atom. The molecule has 1 aromatic carbocycles. The molecule has 3 aromatic rings. The fourth-order valence-electron chi connectivity index (χ4n) is 6.25. The number of nitrogens with one attached hydrogen (secondary N) is 1. The Morgan fingerprint density at radius 3 is 2.84 bits per heavy atom. The number of likely N-dealkylation sites (tertiary alicyclic amines) is 1. The number of aromatic nitrogens is 2. The molecule has 2 aliphatic heterocycles. The van der Waals surface area contributed by atoms with Crippen LogP contribution in [0.15, 0.2) is 48.1 Å². The number of pyridine rings is 1. The number of fused-ring (bicyclic) bond motifs is 2. The third-order valence-electron chi connectivity index (χ3n) is 8.71. The maximum absolute atomic E-state index is 13.6. The summed E-state index contributed by atoms with van der Waals surface area (Å²) < 4.78 is 29.5. The summed E-state index contributed by atoms with van der Waals surface area (Å²) in [5, 5.41) is 4.72. The van der Waals surface area contributed by atoms with Crippen molar-refractivity contribution in [2.45, 2.75) is 65.0 Å². The zero-order chi connectivity index (χ0) is 26.4. The summed E-state index contributed by atoms with van der Waals surface area (Å²) in [6.07, 6.45) is 4.00. The van der Waals surface area contributed by atoms with E-state index in [0.29, 0.717) is 17.5 Å². The van der Waals surface area contributed by atoms with E-state index in [9.17, 15) is 8.78 Å². The molecule has 0 bridgehead atoms. The first-order chi connectivity index (χ1) is 18.4. The summed E-state index contributed by atoms with van der Waals surface area (Å²) in [7, 11) is 0. The van der Waals surface area contributed by atoms with Crippen molar-refractivity contribution in [1.82, 2.24) is 19.8 Å². The lowest BCUT2D eigenvalue weighted by Crippen LogP contribution is -2.45. The normalized spacial score (nSPS) is 21.9. The molecule has 2 atom stereocenters. The summed E-state index contributed by atoms with van der Waals surface area (Å²) in [6, 6.07) is 10.6. The molecule has 3 fully saturated rings. The molecular formula is C31H37F2N5. The van der Waals surface area contributed by atoms with Crippen molar-refractivity contribution >= 4 is 28.1 Å². The molecule has 5 nitrogen and oxygen atoms in total. The molecule has 1 aliphatic carbocycles. The highest BCUT2D eigenvalue weighted by molar-refractivity contribution is 6.03. The second-order valence-electron chi connectivity index (χ2n) is 11.4. The van der Waals surface area contributed by atoms with Crippen LogP contribution >= 0.6 is 0 Å². The van der Waals surface area contributed by atoms with Crippen molar-refractivity contribution < 1.29 is 8.78 Å². The van der Waals surface area contributed by atoms with Crippen LogP contribution in [-0.2, 0) is 13.0 Å². The van der Waals surface area contributed by atoms with Gasteiger partial charge in [-0.3, -0.25) is 4.99 Å². The van der Waals surface area contributed by atoms with Crippen LogP contribution in [0.25, 0.3) is 16.7 Å². The van der Waals surface area contributed by atoms with Crippen LogP contribution in [0.4, 0.5) is 14.5 Å². The number of benzene rings is 1. The molecule has 4 heterocycles. The molecular weight excluding hydrogens is 480 g/mol. The van der Waals surface area contributed by atoms with Crippen molar-refractivity contribution in [3.63, 3.8) is 0 Å². The number of nitrogens with zero attached hydrogens (tertiary/aromatic N) is 4. The van der Waals surface area contributed by atoms with E-state index in [4.69, 9.17) is 4.99 Å². The highest BCUT2D eigenvalue weighted by Gasteiger charge is 2.33. The van der Waals surface area contributed by atoms with Crippen LogP contribution in [-0.4, -0.2) is 52.3 Å². The van der Waals surface area contributed by atoms with Crippen molar-refractivity contribution in [3.05, 3.63) is 65.5 Å². The number of alkyl halides is 2. The summed E-state index contributed by atoms with van der Waals surface area (Å²) in [5.74, 6) is 1.41. The zero-order valence-electron chi connectivity index (χ0n) is 22.4. The van der Waals surface area contributed by atoms with E-state index in [0.717, 1.165) is 83.5 Å². The Morgan fingerprint density at radius 1 is 1.21 bits per heavy atom. The van der Waals surface area contributed by atoms with Gasteiger partial charge in [-0.1, -0.05) is 6.58 Å². The van der Waals surface area contributed by atoms with Gasteiger partial charge in [0, 0.05) is 49.4 Å². The molecule has 38 heavy (non-hydrogen) atoms. The van der Waals surface area contributed by atoms with Gasteiger partial charge in [-0.05, 0) is 105 Å². The molecule has 0 amide bonds. The lowest BCUT2D eigenvalue weighted by atomic mass is 9.91. The monoisotopic (exact) mass is 517 g/mol. The average molecular weight is 518 g/mol. The third-order valence-corrected chi connectivity index (χ3v) is 8.71. The van der Waals surface area contributed by atoms with Gasteiger partial charge in [-0.15, -0.1) is 0 Å². The van der Waals surface area contributed by atoms with Gasteiger partial charge in [0.1, 0.15) is 5.65 Å². The maximum atomic E-state index is 13.6. The third kappa shape index (κ3) is 5.00. The van der Waals surface area contributed by atoms with Gasteiger partial charge in [0.25, 0.3) is 0 Å². The van der Waals surface area contributed by atoms with Crippen LogP contribution < -0.4 is 5.32 Å². The largest absolute Gasteiger partial charge is 0.370 e. The van der Waals surface area contributed by atoms with Gasteiger partial charge in [-0.25, -0.2) is 13.8 Å². The minimum atomic E-state index is -2.42. The first-order valence-electron chi connectivity index (χ1n) is 14.0. The highest BCUT2D eigenvalue weighted by Crippen LogP contribution is 2.35. The van der Waals surface area contributed by atoms with Gasteiger partial charge in [0.05, 0.1) is 17.1 Å². The quantitative estimate of drug-likeness (QED) is 0.354. The standard InChI is InChI=1S/C31H37F2N5/c1-19-25(16-30(32)33)13-26(21(3)37-12-9-23-8-11-34-28(23)18-37)14-27(19)36-20(2)29-15-24-5-4-10-35-31(24)38(29)17-22-6-7-22/h4-5,10,13-15,22-23,28,30,34H,3,6-9,11-12,16-18H2,1-2H3. The predicted octanol–water partition coefficient (Wildman–Crippen LogP) is 6.36. The van der Waals surface area contributed by atoms with E-state index in [2.05, 4.69) is 38.5 Å². The first-order valence-corrected chi connectivity index (χ1v) is 14.0. The Balaban J connectivity index is 1.37. The fraction of sp³-hybridized carbons (Fsp3) is 0.484. The molecule has 2 saturated heterocycles. The van der Waals surface area contributed by atoms with Crippen LogP contribution in [0, 0.1) is 18.8 Å². The Kier molecular flexibility index (Phi) is 6.81. The smallest absolute Gasteiger partial charge is 0.242 e. The molecule has 1 N–H and O–H groups in total. The van der Waals surface area contributed by atoms with Crippen molar-refractivity contribution in [2.24, 2.45) is 16.8 Å². The van der Waals surface area contributed by atoms with Crippen molar-refractivity contribution in [2.75, 3.05) is 19.6 Å². The molecule has 0 spiro atoms. The van der Waals surface area contributed by atoms with E-state index < -0.39 is 6.43 Å². The minimum Gasteiger partial charge on any atom is -0.370 e. The van der Waals surface area contributed by atoms with E-state index in [-0.39, 0.29) is 6.42 Å². The molecule has 7 heteroatoms. The molecule has 2 unspecified atom stereocenters. The van der Waals surface area contributed by atoms with Crippen LogP contribution in [0.2, 0.25) is 0 Å². The molecule has 0 radical (unpaired) electrons. The molecule has 200 valence electrons. The number of hydrogen-bond donors (Lipinski definition) is 1. The lowest BCUT2D eigenvalue weighted by molar-refractivity contribution is 0.149. The highest BCUT2D eigenvalue weighted by atomic mass is 19.3. The molecule has 2 aromatic heterocycles. The Bertz CT molecular complexity index is 1390. The van der Waals surface area contributed by atoms with E-state index in [1.165, 1.54) is 19.3 Å². The number of hydrogen-bond acceptors (Lipinski definition) is 4. The van der Waals surface area contributed by atoms with Crippen LogP contribution in [0.3, 0.4) is 0 Å². The van der Waals surface area contributed by atoms with E-state index in [1.54, 1.807) is 0 Å². The SMILES string of the molecule is C=C(c1cc(CC(F)F)c(C)c(N=C(C)c2cc3cccnc3n2CC2CC2)c1)N1CCC2CCNC2C1. The number of piperidine rings is 1. The van der Waals surface area contributed by atoms with E-state index in [1.807, 2.05) is 38.2 Å². The summed E-state index contributed by atoms with van der Waals surface area (Å²) in [5.41, 5.74) is 6.85. The number of halogens is 2. The predicted molar refractivity (Wildman–Crippen MR) is 150 cm³/mol. The average Bonchev–Trinajstić information content (AvgIpc) is 3.47. The minimum absolute atomic E-state index is 0.285. The Hall–Kier alpha value is -3.06. The van der Waals surface area contributed by atoms with Crippen LogP contribution in [0.5, 0.6) is 0 Å². The van der Waals surface area contributed by atoms with E-state index >= 15 is 0 Å². The van der Waals surface area contributed by atoms with Crippen molar-refractivity contribution in [1.29, 1.82) is 0 Å². The second-order valence-corrected chi connectivity index (χ2v) is 11.4. The lowest BCUT2D eigenvalue weighted by Gasteiger charge is -2.37. The summed E-state index contributed by atoms with van der Waals surface area (Å²) >= 11 is 0. The van der Waals surface area contributed by atoms with Gasteiger partial charge >= 0.3 is 0 Å². The van der Waals surface area contributed by atoms with Crippen LogP contribution in [0.1, 0.15) is 55.0 Å². The number of rotatable bonds is 8. The number of aliphatic imine (C=N–C) groups is 1. The summed E-state index contributed by atoms with van der Waals surface area (Å²) in [4.78, 5) is 12.0. The molecule has 1 saturated carbocycles. The fourth-order valence-corrected chi connectivity index (χ4v) is 6.25. The van der Waals surface area contributed by atoms with Gasteiger partial charge in [-0.2, -0.15) is 0 Å². The van der Waals surface area contributed by atoms with Gasteiger partial charge < -0.3 is 14.8 Å². The van der Waals surface area contributed by atoms with Gasteiger partial charge in [0.15, 0.2) is 0 Å². The maximum Gasteiger partial charge on any atom is 0.242 e.